The summed E-state index contributed by atoms with van der Waals surface area (Å²) in [5.74, 6) is 0.558. The van der Waals surface area contributed by atoms with Gasteiger partial charge in [0.1, 0.15) is 0 Å². The minimum atomic E-state index is -0.00568. The quantitative estimate of drug-likeness (QED) is 0.807. The molecule has 0 bridgehead atoms. The largest absolute Gasteiger partial charge is 0.326 e. The zero-order valence-corrected chi connectivity index (χ0v) is 9.65. The molecule has 3 nitrogen and oxygen atoms in total. The maximum atomic E-state index is 11.3. The highest BCUT2D eigenvalue weighted by atomic mass is 32.1. The molecule has 0 unspecified atom stereocenters. The van der Waals surface area contributed by atoms with Gasteiger partial charge in [-0.25, -0.2) is 4.98 Å². The Hall–Kier alpha value is -1.07. The molecule has 0 fully saturated rings. The van der Waals surface area contributed by atoms with Gasteiger partial charge in [0.2, 0.25) is 5.91 Å². The van der Waals surface area contributed by atoms with Crippen LogP contribution in [0.3, 0.4) is 0 Å². The van der Waals surface area contributed by atoms with Crippen molar-refractivity contribution in [3.05, 3.63) is 23.7 Å². The molecule has 1 aromatic heterocycles. The van der Waals surface area contributed by atoms with E-state index in [1.54, 1.807) is 16.8 Å². The fourth-order valence-corrected chi connectivity index (χ4v) is 2.18. The van der Waals surface area contributed by atoms with Crippen LogP contribution >= 0.6 is 24.0 Å². The molecular formula is C10H10N2OS2. The highest BCUT2D eigenvalue weighted by Gasteiger charge is 2.02. The predicted molar refractivity (Wildman–Crippen MR) is 66.7 cm³/mol. The summed E-state index contributed by atoms with van der Waals surface area (Å²) in [7, 11) is 0. The van der Waals surface area contributed by atoms with Crippen molar-refractivity contribution in [2.45, 2.75) is 6.42 Å². The third-order valence-corrected chi connectivity index (χ3v) is 2.97. The number of carbonyl (C=O) groups is 1. The standard InChI is InChI=1S/C10H10N2OS2/c13-10(3-4-14)12-7-1-2-8-9(5-7)15-6-11-8/h1-2,5-6,14H,3-4H2,(H,12,13). The SMILES string of the molecule is O=C(CCS)Nc1ccc2ncsc2c1. The van der Waals surface area contributed by atoms with Crippen molar-refractivity contribution in [2.24, 2.45) is 0 Å². The normalized spacial score (nSPS) is 10.5. The second kappa shape index (κ2) is 4.63. The predicted octanol–water partition coefficient (Wildman–Crippen LogP) is 2.55. The van der Waals surface area contributed by atoms with E-state index in [1.807, 2.05) is 18.2 Å². The maximum Gasteiger partial charge on any atom is 0.225 e. The molecule has 0 saturated heterocycles. The van der Waals surface area contributed by atoms with Gasteiger partial charge in [0.25, 0.3) is 0 Å². The van der Waals surface area contributed by atoms with Gasteiger partial charge in [-0.3, -0.25) is 4.79 Å². The molecule has 15 heavy (non-hydrogen) atoms. The third-order valence-electron chi connectivity index (χ3n) is 1.95. The van der Waals surface area contributed by atoms with E-state index in [-0.39, 0.29) is 5.91 Å². The van der Waals surface area contributed by atoms with E-state index in [0.717, 1.165) is 15.9 Å². The van der Waals surface area contributed by atoms with E-state index in [4.69, 9.17) is 0 Å². The molecule has 1 heterocycles. The van der Waals surface area contributed by atoms with Gasteiger partial charge in [0.15, 0.2) is 0 Å². The summed E-state index contributed by atoms with van der Waals surface area (Å²) in [6, 6.07) is 5.70. The molecule has 1 aromatic carbocycles. The molecule has 0 aliphatic carbocycles. The van der Waals surface area contributed by atoms with Crippen LogP contribution < -0.4 is 5.32 Å². The molecule has 2 rings (SSSR count). The lowest BCUT2D eigenvalue weighted by Gasteiger charge is -2.03. The molecular weight excluding hydrogens is 228 g/mol. The molecule has 1 amide bonds. The summed E-state index contributed by atoms with van der Waals surface area (Å²) < 4.78 is 1.08. The third kappa shape index (κ3) is 2.49. The lowest BCUT2D eigenvalue weighted by atomic mass is 10.3. The number of amides is 1. The number of nitrogens with one attached hydrogen (secondary N) is 1. The van der Waals surface area contributed by atoms with Crippen LogP contribution in [0.15, 0.2) is 23.7 Å². The maximum absolute atomic E-state index is 11.3. The number of fused-ring (bicyclic) bond motifs is 1. The Morgan fingerprint density at radius 1 is 1.53 bits per heavy atom. The summed E-state index contributed by atoms with van der Waals surface area (Å²) in [5.41, 5.74) is 3.58. The molecule has 78 valence electrons. The lowest BCUT2D eigenvalue weighted by Crippen LogP contribution is -2.11. The highest BCUT2D eigenvalue weighted by molar-refractivity contribution is 7.80. The first-order chi connectivity index (χ1) is 7.29. The number of anilines is 1. The van der Waals surface area contributed by atoms with Crippen LogP contribution in [-0.4, -0.2) is 16.6 Å². The Morgan fingerprint density at radius 3 is 3.20 bits per heavy atom. The number of aromatic nitrogens is 1. The number of nitrogens with zero attached hydrogens (tertiary/aromatic N) is 1. The molecule has 0 atom stereocenters. The summed E-state index contributed by atoms with van der Waals surface area (Å²) in [6.07, 6.45) is 0.434. The fourth-order valence-electron chi connectivity index (χ4n) is 1.26. The lowest BCUT2D eigenvalue weighted by molar-refractivity contribution is -0.115. The van der Waals surface area contributed by atoms with Crippen LogP contribution in [-0.2, 0) is 4.79 Å². The van der Waals surface area contributed by atoms with E-state index < -0.39 is 0 Å². The van der Waals surface area contributed by atoms with Crippen molar-refractivity contribution >= 4 is 45.8 Å². The number of carbonyl (C=O) groups excluding carboxylic acids is 1. The second-order valence-corrected chi connectivity index (χ2v) is 4.39. The molecule has 0 aliphatic rings. The minimum absolute atomic E-state index is 0.00568. The van der Waals surface area contributed by atoms with Gasteiger partial charge in [-0.15, -0.1) is 11.3 Å². The first-order valence-corrected chi connectivity index (χ1v) is 6.05. The highest BCUT2D eigenvalue weighted by Crippen LogP contribution is 2.21. The number of thiazole rings is 1. The summed E-state index contributed by atoms with van der Waals surface area (Å²) in [5, 5.41) is 2.82. The molecule has 0 spiro atoms. The van der Waals surface area contributed by atoms with Crippen LogP contribution in [0.1, 0.15) is 6.42 Å². The summed E-state index contributed by atoms with van der Waals surface area (Å²) in [6.45, 7) is 0. The van der Waals surface area contributed by atoms with Crippen molar-refractivity contribution < 1.29 is 4.79 Å². The Bertz CT molecular complexity index is 481. The topological polar surface area (TPSA) is 42.0 Å². The average Bonchev–Trinajstić information content (AvgIpc) is 2.65. The van der Waals surface area contributed by atoms with Crippen LogP contribution in [0.25, 0.3) is 10.2 Å². The molecule has 1 N–H and O–H groups in total. The van der Waals surface area contributed by atoms with Gasteiger partial charge in [0.05, 0.1) is 15.7 Å². The van der Waals surface area contributed by atoms with E-state index in [9.17, 15) is 4.79 Å². The van der Waals surface area contributed by atoms with Gasteiger partial charge in [-0.2, -0.15) is 12.6 Å². The zero-order chi connectivity index (χ0) is 10.7. The van der Waals surface area contributed by atoms with Gasteiger partial charge in [-0.05, 0) is 24.0 Å². The van der Waals surface area contributed by atoms with E-state index in [2.05, 4.69) is 22.9 Å². The Labute approximate surface area is 96.9 Å². The second-order valence-electron chi connectivity index (χ2n) is 3.06. The molecule has 0 saturated carbocycles. The summed E-state index contributed by atoms with van der Waals surface area (Å²) >= 11 is 5.57. The van der Waals surface area contributed by atoms with E-state index >= 15 is 0 Å². The van der Waals surface area contributed by atoms with E-state index in [1.165, 1.54) is 0 Å². The number of benzene rings is 1. The number of hydrogen-bond donors (Lipinski definition) is 2. The van der Waals surface area contributed by atoms with Gasteiger partial charge in [0, 0.05) is 12.1 Å². The number of rotatable bonds is 3. The Morgan fingerprint density at radius 2 is 2.40 bits per heavy atom. The fraction of sp³-hybridized carbons (Fsp3) is 0.200. The zero-order valence-electron chi connectivity index (χ0n) is 7.93. The Balaban J connectivity index is 2.17. The van der Waals surface area contributed by atoms with Gasteiger partial charge < -0.3 is 5.32 Å². The monoisotopic (exact) mass is 238 g/mol. The molecule has 0 radical (unpaired) electrons. The van der Waals surface area contributed by atoms with Crippen LogP contribution in [0.4, 0.5) is 5.69 Å². The minimum Gasteiger partial charge on any atom is -0.326 e. The first-order valence-electron chi connectivity index (χ1n) is 4.53. The Kier molecular flexibility index (Phi) is 3.23. The van der Waals surface area contributed by atoms with Crippen molar-refractivity contribution in [3.8, 4) is 0 Å². The van der Waals surface area contributed by atoms with Crippen molar-refractivity contribution in [3.63, 3.8) is 0 Å². The van der Waals surface area contributed by atoms with E-state index in [0.29, 0.717) is 12.2 Å². The van der Waals surface area contributed by atoms with Crippen LogP contribution in [0, 0.1) is 0 Å². The smallest absolute Gasteiger partial charge is 0.225 e. The first kappa shape index (κ1) is 10.4. The molecule has 0 aliphatic heterocycles. The molecule has 2 aromatic rings. The van der Waals surface area contributed by atoms with Gasteiger partial charge >= 0.3 is 0 Å². The van der Waals surface area contributed by atoms with Crippen LogP contribution in [0.5, 0.6) is 0 Å². The average molecular weight is 238 g/mol. The van der Waals surface area contributed by atoms with Crippen LogP contribution in [0.2, 0.25) is 0 Å². The number of thiol groups is 1. The molecule has 5 heteroatoms. The summed E-state index contributed by atoms with van der Waals surface area (Å²) in [4.78, 5) is 15.5. The van der Waals surface area contributed by atoms with Crippen molar-refractivity contribution in [1.82, 2.24) is 4.98 Å². The number of hydrogen-bond acceptors (Lipinski definition) is 4. The van der Waals surface area contributed by atoms with Crippen molar-refractivity contribution in [2.75, 3.05) is 11.1 Å². The van der Waals surface area contributed by atoms with Gasteiger partial charge in [-0.1, -0.05) is 0 Å². The van der Waals surface area contributed by atoms with Crippen molar-refractivity contribution in [1.29, 1.82) is 0 Å².